The van der Waals surface area contributed by atoms with Gasteiger partial charge in [-0.1, -0.05) is 5.16 Å². The fourth-order valence-electron chi connectivity index (χ4n) is 0.876. The maximum Gasteiger partial charge on any atom is 0.218 e. The lowest BCUT2D eigenvalue weighted by Crippen LogP contribution is -2.13. The molecule has 0 bridgehead atoms. The van der Waals surface area contributed by atoms with E-state index >= 15 is 0 Å². The van der Waals surface area contributed by atoms with Gasteiger partial charge in [0.25, 0.3) is 0 Å². The van der Waals surface area contributed by atoms with Crippen LogP contribution in [0.4, 0.5) is 0 Å². The third-order valence-electron chi connectivity index (χ3n) is 1.46. The Bertz CT molecular complexity index is 295. The first-order valence-corrected chi connectivity index (χ1v) is 3.97. The zero-order valence-corrected chi connectivity index (χ0v) is 7.57. The highest BCUT2D eigenvalue weighted by atomic mass is 16.5. The number of rotatable bonds is 3. The summed E-state index contributed by atoms with van der Waals surface area (Å²) in [5.41, 5.74) is 0.665. The third kappa shape index (κ3) is 2.29. The maximum absolute atomic E-state index is 9.45. The minimum Gasteiger partial charge on any atom is -0.479 e. The lowest BCUT2D eigenvalue weighted by molar-refractivity contribution is 0.159. The van der Waals surface area contributed by atoms with E-state index in [0.29, 0.717) is 12.3 Å². The Morgan fingerprint density at radius 3 is 3.00 bits per heavy atom. The van der Waals surface area contributed by atoms with Crippen molar-refractivity contribution in [2.45, 2.75) is 20.0 Å². The molecule has 0 aliphatic heterocycles. The van der Waals surface area contributed by atoms with E-state index in [4.69, 9.17) is 14.7 Å². The summed E-state index contributed by atoms with van der Waals surface area (Å²) < 4.78 is 9.59. The van der Waals surface area contributed by atoms with Crippen LogP contribution in [0.25, 0.3) is 0 Å². The highest BCUT2D eigenvalue weighted by molar-refractivity contribution is 5.78. The van der Waals surface area contributed by atoms with Gasteiger partial charge in [0, 0.05) is 6.07 Å². The fourth-order valence-corrected chi connectivity index (χ4v) is 0.876. The number of hydrogen-bond donors (Lipinski definition) is 2. The van der Waals surface area contributed by atoms with Gasteiger partial charge in [-0.2, -0.15) is 0 Å². The molecule has 1 heterocycles. The van der Waals surface area contributed by atoms with Crippen LogP contribution < -0.4 is 0 Å². The first kappa shape index (κ1) is 9.73. The van der Waals surface area contributed by atoms with E-state index in [0.717, 1.165) is 0 Å². The Hall–Kier alpha value is -1.36. The van der Waals surface area contributed by atoms with Crippen LogP contribution in [0.5, 0.6) is 0 Å². The van der Waals surface area contributed by atoms with Gasteiger partial charge in [-0.3, -0.25) is 5.41 Å². The quantitative estimate of drug-likeness (QED) is 0.543. The van der Waals surface area contributed by atoms with Crippen molar-refractivity contribution in [2.75, 3.05) is 6.61 Å². The second kappa shape index (κ2) is 4.04. The molecule has 0 fully saturated rings. The molecule has 1 aromatic heterocycles. The first-order valence-electron chi connectivity index (χ1n) is 3.97. The van der Waals surface area contributed by atoms with Gasteiger partial charge in [0.15, 0.2) is 11.9 Å². The molecule has 1 unspecified atom stereocenters. The van der Waals surface area contributed by atoms with E-state index < -0.39 is 6.10 Å². The lowest BCUT2D eigenvalue weighted by atomic mass is 10.2. The molecular weight excluding hydrogens is 172 g/mol. The van der Waals surface area contributed by atoms with Gasteiger partial charge >= 0.3 is 0 Å². The van der Waals surface area contributed by atoms with Crippen LogP contribution in [0.15, 0.2) is 10.6 Å². The smallest absolute Gasteiger partial charge is 0.218 e. The van der Waals surface area contributed by atoms with Crippen LogP contribution in [0, 0.1) is 12.3 Å². The predicted molar refractivity (Wildman–Crippen MR) is 45.6 cm³/mol. The number of aryl methyl sites for hydroxylation is 1. The van der Waals surface area contributed by atoms with Crippen molar-refractivity contribution >= 4 is 5.90 Å². The van der Waals surface area contributed by atoms with Gasteiger partial charge in [-0.15, -0.1) is 0 Å². The van der Waals surface area contributed by atoms with E-state index in [1.54, 1.807) is 19.9 Å². The van der Waals surface area contributed by atoms with Crippen molar-refractivity contribution in [2.24, 2.45) is 0 Å². The Kier molecular flexibility index (Phi) is 3.02. The zero-order valence-electron chi connectivity index (χ0n) is 7.57. The molecule has 13 heavy (non-hydrogen) atoms. The van der Waals surface area contributed by atoms with Gasteiger partial charge in [-0.25, -0.2) is 0 Å². The Morgan fingerprint density at radius 1 is 1.85 bits per heavy atom. The highest BCUT2D eigenvalue weighted by Gasteiger charge is 2.19. The number of ether oxygens (including phenoxy) is 1. The number of aliphatic hydroxyl groups excluding tert-OH is 1. The monoisotopic (exact) mass is 184 g/mol. The zero-order chi connectivity index (χ0) is 9.84. The van der Waals surface area contributed by atoms with Crippen molar-refractivity contribution in [3.63, 3.8) is 0 Å². The average Bonchev–Trinajstić information content (AvgIpc) is 2.51. The number of aromatic nitrogens is 1. The molecule has 0 aliphatic rings. The summed E-state index contributed by atoms with van der Waals surface area (Å²) in [7, 11) is 0. The molecule has 0 saturated heterocycles. The second-order valence-corrected chi connectivity index (χ2v) is 2.57. The van der Waals surface area contributed by atoms with E-state index in [2.05, 4.69) is 5.16 Å². The van der Waals surface area contributed by atoms with Crippen LogP contribution in [-0.2, 0) is 4.74 Å². The summed E-state index contributed by atoms with van der Waals surface area (Å²) in [6, 6.07) is 1.57. The Labute approximate surface area is 75.8 Å². The van der Waals surface area contributed by atoms with Gasteiger partial charge < -0.3 is 14.4 Å². The predicted octanol–water partition coefficient (Wildman–Crippen LogP) is 1.03. The SMILES string of the molecule is CCOC(=N)C(O)c1cc(C)no1. The highest BCUT2D eigenvalue weighted by Crippen LogP contribution is 2.15. The molecule has 2 N–H and O–H groups in total. The van der Waals surface area contributed by atoms with Gasteiger partial charge in [0.2, 0.25) is 5.90 Å². The van der Waals surface area contributed by atoms with Crippen LogP contribution in [-0.4, -0.2) is 22.8 Å². The van der Waals surface area contributed by atoms with E-state index in [-0.39, 0.29) is 11.7 Å². The van der Waals surface area contributed by atoms with Crippen LogP contribution >= 0.6 is 0 Å². The molecule has 5 nitrogen and oxygen atoms in total. The molecule has 0 radical (unpaired) electrons. The molecule has 1 atom stereocenters. The number of aliphatic hydroxyl groups is 1. The summed E-state index contributed by atoms with van der Waals surface area (Å²) in [4.78, 5) is 0. The summed E-state index contributed by atoms with van der Waals surface area (Å²) in [6.07, 6.45) is -1.15. The van der Waals surface area contributed by atoms with Crippen LogP contribution in [0.2, 0.25) is 0 Å². The molecule has 1 aromatic rings. The number of hydrogen-bond acceptors (Lipinski definition) is 5. The van der Waals surface area contributed by atoms with Crippen molar-refractivity contribution in [3.8, 4) is 0 Å². The van der Waals surface area contributed by atoms with Crippen LogP contribution in [0.1, 0.15) is 24.5 Å². The molecule has 0 spiro atoms. The summed E-state index contributed by atoms with van der Waals surface area (Å²) in [5.74, 6) is 0.00889. The number of nitrogens with one attached hydrogen (secondary N) is 1. The largest absolute Gasteiger partial charge is 0.479 e. The minimum absolute atomic E-state index is 0.223. The molecule has 0 amide bonds. The summed E-state index contributed by atoms with van der Waals surface area (Å²) in [6.45, 7) is 3.83. The molecule has 1 rings (SSSR count). The Morgan fingerprint density at radius 2 is 2.54 bits per heavy atom. The van der Waals surface area contributed by atoms with Crippen molar-refractivity contribution in [1.82, 2.24) is 5.16 Å². The standard InChI is InChI=1S/C8H12N2O3/c1-3-12-8(9)7(11)6-4-5(2)10-13-6/h4,7,9,11H,3H2,1-2H3. The molecule has 0 aromatic carbocycles. The summed E-state index contributed by atoms with van der Waals surface area (Å²) >= 11 is 0. The van der Waals surface area contributed by atoms with E-state index in [9.17, 15) is 5.11 Å². The Balaban J connectivity index is 2.67. The van der Waals surface area contributed by atoms with Crippen molar-refractivity contribution in [1.29, 1.82) is 5.41 Å². The lowest BCUT2D eigenvalue weighted by Gasteiger charge is -2.08. The molecule has 5 heteroatoms. The second-order valence-electron chi connectivity index (χ2n) is 2.57. The molecule has 0 aliphatic carbocycles. The van der Waals surface area contributed by atoms with E-state index in [1.807, 2.05) is 0 Å². The first-order chi connectivity index (χ1) is 6.15. The minimum atomic E-state index is -1.15. The maximum atomic E-state index is 9.45. The van der Waals surface area contributed by atoms with Gasteiger partial charge in [-0.05, 0) is 13.8 Å². The normalized spacial score (nSPS) is 12.5. The molecular formula is C8H12N2O3. The van der Waals surface area contributed by atoms with Gasteiger partial charge in [0.05, 0.1) is 12.3 Å². The van der Waals surface area contributed by atoms with Crippen LogP contribution in [0.3, 0.4) is 0 Å². The third-order valence-corrected chi connectivity index (χ3v) is 1.46. The molecule has 72 valence electrons. The average molecular weight is 184 g/mol. The van der Waals surface area contributed by atoms with Crippen molar-refractivity contribution in [3.05, 3.63) is 17.5 Å². The summed E-state index contributed by atoms with van der Waals surface area (Å²) in [5, 5.41) is 20.3. The topological polar surface area (TPSA) is 79.3 Å². The van der Waals surface area contributed by atoms with Crippen molar-refractivity contribution < 1.29 is 14.4 Å². The van der Waals surface area contributed by atoms with E-state index in [1.165, 1.54) is 0 Å². The fraction of sp³-hybridized carbons (Fsp3) is 0.500. The molecule has 0 saturated carbocycles. The number of nitrogens with zero attached hydrogens (tertiary/aromatic N) is 1. The van der Waals surface area contributed by atoms with Gasteiger partial charge in [0.1, 0.15) is 0 Å².